The first-order valence-electron chi connectivity index (χ1n) is 5.19. The van der Waals surface area contributed by atoms with Gasteiger partial charge in [0.2, 0.25) is 0 Å². The normalized spacial score (nSPS) is 11.4. The number of oxime groups is 1. The highest BCUT2D eigenvalue weighted by Gasteiger charge is 2.12. The van der Waals surface area contributed by atoms with Crippen LogP contribution < -0.4 is 11.1 Å². The number of carbonyl (C=O) groups excluding carboxylic acids is 1. The summed E-state index contributed by atoms with van der Waals surface area (Å²) in [7, 11) is 0. The lowest BCUT2D eigenvalue weighted by Gasteiger charge is -2.12. The van der Waals surface area contributed by atoms with Gasteiger partial charge in [-0.2, -0.15) is 0 Å². The summed E-state index contributed by atoms with van der Waals surface area (Å²) in [4.78, 5) is 11.5. The molecule has 0 atom stereocenters. The summed E-state index contributed by atoms with van der Waals surface area (Å²) in [6.07, 6.45) is -0.893. The second-order valence-electron chi connectivity index (χ2n) is 3.75. The van der Waals surface area contributed by atoms with Crippen molar-refractivity contribution < 1.29 is 14.7 Å². The van der Waals surface area contributed by atoms with Gasteiger partial charge in [-0.3, -0.25) is 5.32 Å². The molecule has 98 valence electrons. The maximum atomic E-state index is 11.5. The van der Waals surface area contributed by atoms with Gasteiger partial charge in [0.05, 0.1) is 11.8 Å². The standard InChI is InChI=1S/C11H14ClN3O3/c1-6(2)18-11(16)14-9-5-7(12)3-4-8(9)10(13)15-17/h3-6,17H,1-2H3,(H2,13,15)(H,14,16). The predicted molar refractivity (Wildman–Crippen MR) is 69.2 cm³/mol. The first-order chi connectivity index (χ1) is 8.43. The summed E-state index contributed by atoms with van der Waals surface area (Å²) in [5, 5.41) is 14.4. The molecule has 0 aliphatic rings. The Bertz CT molecular complexity index is 475. The predicted octanol–water partition coefficient (Wildman–Crippen LogP) is 2.39. The van der Waals surface area contributed by atoms with Crippen molar-refractivity contribution in [2.45, 2.75) is 20.0 Å². The van der Waals surface area contributed by atoms with Crippen LogP contribution in [0.1, 0.15) is 19.4 Å². The van der Waals surface area contributed by atoms with E-state index in [9.17, 15) is 4.79 Å². The molecule has 0 aliphatic heterocycles. The smallest absolute Gasteiger partial charge is 0.411 e. The Morgan fingerprint density at radius 3 is 2.78 bits per heavy atom. The summed E-state index contributed by atoms with van der Waals surface area (Å²) >= 11 is 5.82. The number of amides is 1. The minimum atomic E-state index is -0.640. The zero-order chi connectivity index (χ0) is 13.7. The van der Waals surface area contributed by atoms with Crippen LogP contribution in [0.3, 0.4) is 0 Å². The number of anilines is 1. The van der Waals surface area contributed by atoms with Gasteiger partial charge in [0.15, 0.2) is 5.84 Å². The second kappa shape index (κ2) is 6.11. The van der Waals surface area contributed by atoms with E-state index >= 15 is 0 Å². The number of rotatable bonds is 3. The molecule has 6 nitrogen and oxygen atoms in total. The Hall–Kier alpha value is -1.95. The van der Waals surface area contributed by atoms with Crippen molar-refractivity contribution in [3.63, 3.8) is 0 Å². The highest BCUT2D eigenvalue weighted by atomic mass is 35.5. The zero-order valence-corrected chi connectivity index (χ0v) is 10.7. The maximum Gasteiger partial charge on any atom is 0.411 e. The highest BCUT2D eigenvalue weighted by Crippen LogP contribution is 2.21. The summed E-state index contributed by atoms with van der Waals surface area (Å²) in [5.41, 5.74) is 6.15. The molecule has 0 bridgehead atoms. The second-order valence-corrected chi connectivity index (χ2v) is 4.19. The Morgan fingerprint density at radius 1 is 1.56 bits per heavy atom. The quantitative estimate of drug-likeness (QED) is 0.340. The van der Waals surface area contributed by atoms with Crippen LogP contribution in [0.5, 0.6) is 0 Å². The number of ether oxygens (including phenoxy) is 1. The van der Waals surface area contributed by atoms with Gasteiger partial charge in [-0.05, 0) is 32.0 Å². The van der Waals surface area contributed by atoms with E-state index in [0.717, 1.165) is 0 Å². The van der Waals surface area contributed by atoms with Gasteiger partial charge in [-0.25, -0.2) is 4.79 Å². The zero-order valence-electron chi connectivity index (χ0n) is 9.98. The van der Waals surface area contributed by atoms with E-state index < -0.39 is 6.09 Å². The number of amidine groups is 1. The average Bonchev–Trinajstić information content (AvgIpc) is 2.27. The molecule has 0 saturated heterocycles. The molecule has 0 fully saturated rings. The molecule has 4 N–H and O–H groups in total. The van der Waals surface area contributed by atoms with Gasteiger partial charge in [0.25, 0.3) is 0 Å². The van der Waals surface area contributed by atoms with Gasteiger partial charge in [0.1, 0.15) is 0 Å². The number of carbonyl (C=O) groups is 1. The van der Waals surface area contributed by atoms with Gasteiger partial charge in [-0.1, -0.05) is 16.8 Å². The Morgan fingerprint density at radius 2 is 2.22 bits per heavy atom. The van der Waals surface area contributed by atoms with E-state index in [2.05, 4.69) is 10.5 Å². The minimum Gasteiger partial charge on any atom is -0.447 e. The number of hydrogen-bond acceptors (Lipinski definition) is 4. The van der Waals surface area contributed by atoms with Crippen LogP contribution in [0.25, 0.3) is 0 Å². The Kier molecular flexibility index (Phi) is 4.79. The number of nitrogens with two attached hydrogens (primary N) is 1. The van der Waals surface area contributed by atoms with Crippen molar-refractivity contribution >= 4 is 29.2 Å². The lowest BCUT2D eigenvalue weighted by atomic mass is 10.1. The number of hydrogen-bond donors (Lipinski definition) is 3. The fraction of sp³-hybridized carbons (Fsp3) is 0.273. The SMILES string of the molecule is CC(C)OC(=O)Nc1cc(Cl)ccc1C(N)=NO. The summed E-state index contributed by atoms with van der Waals surface area (Å²) in [5.74, 6) is -0.133. The Labute approximate surface area is 109 Å². The van der Waals surface area contributed by atoms with E-state index in [1.165, 1.54) is 12.1 Å². The summed E-state index contributed by atoms with van der Waals surface area (Å²) in [6.45, 7) is 3.45. The van der Waals surface area contributed by atoms with Crippen LogP contribution in [-0.2, 0) is 4.74 Å². The number of halogens is 1. The van der Waals surface area contributed by atoms with Crippen LogP contribution >= 0.6 is 11.6 Å². The Balaban J connectivity index is 2.99. The number of nitrogens with one attached hydrogen (secondary N) is 1. The van der Waals surface area contributed by atoms with Crippen LogP contribution in [0.4, 0.5) is 10.5 Å². The molecule has 1 aromatic carbocycles. The number of benzene rings is 1. The van der Waals surface area contributed by atoms with Crippen molar-refractivity contribution in [1.29, 1.82) is 0 Å². The van der Waals surface area contributed by atoms with Crippen molar-refractivity contribution in [3.05, 3.63) is 28.8 Å². The molecule has 1 rings (SSSR count). The summed E-state index contributed by atoms with van der Waals surface area (Å²) in [6, 6.07) is 4.58. The van der Waals surface area contributed by atoms with E-state index in [0.29, 0.717) is 16.3 Å². The van der Waals surface area contributed by atoms with Crippen LogP contribution in [0.2, 0.25) is 5.02 Å². The van der Waals surface area contributed by atoms with Crippen LogP contribution in [-0.4, -0.2) is 23.2 Å². The highest BCUT2D eigenvalue weighted by molar-refractivity contribution is 6.31. The monoisotopic (exact) mass is 271 g/mol. The minimum absolute atomic E-state index is 0.133. The first kappa shape index (κ1) is 14.1. The third kappa shape index (κ3) is 3.81. The first-order valence-corrected chi connectivity index (χ1v) is 5.57. The fourth-order valence-corrected chi connectivity index (χ4v) is 1.42. The fourth-order valence-electron chi connectivity index (χ4n) is 1.25. The third-order valence-electron chi connectivity index (χ3n) is 1.94. The molecule has 7 heteroatoms. The van der Waals surface area contributed by atoms with Crippen molar-refractivity contribution in [3.8, 4) is 0 Å². The van der Waals surface area contributed by atoms with Gasteiger partial charge in [0, 0.05) is 10.6 Å². The topological polar surface area (TPSA) is 96.9 Å². The van der Waals surface area contributed by atoms with Crippen LogP contribution in [0.15, 0.2) is 23.4 Å². The molecule has 0 aliphatic carbocycles. The molecule has 0 unspecified atom stereocenters. The van der Waals surface area contributed by atoms with Gasteiger partial charge >= 0.3 is 6.09 Å². The molecule has 1 aromatic rings. The molecule has 0 spiro atoms. The molecule has 18 heavy (non-hydrogen) atoms. The molecule has 0 radical (unpaired) electrons. The number of nitrogens with zero attached hydrogens (tertiary/aromatic N) is 1. The molecule has 0 aromatic heterocycles. The third-order valence-corrected chi connectivity index (χ3v) is 2.18. The van der Waals surface area contributed by atoms with E-state index in [4.69, 9.17) is 27.3 Å². The molecular weight excluding hydrogens is 258 g/mol. The van der Waals surface area contributed by atoms with Crippen molar-refractivity contribution in [1.82, 2.24) is 0 Å². The van der Waals surface area contributed by atoms with Crippen LogP contribution in [0, 0.1) is 0 Å². The summed E-state index contributed by atoms with van der Waals surface area (Å²) < 4.78 is 4.93. The largest absolute Gasteiger partial charge is 0.447 e. The van der Waals surface area contributed by atoms with E-state index in [1.54, 1.807) is 19.9 Å². The average molecular weight is 272 g/mol. The molecular formula is C11H14ClN3O3. The van der Waals surface area contributed by atoms with Crippen molar-refractivity contribution in [2.75, 3.05) is 5.32 Å². The maximum absolute atomic E-state index is 11.5. The lowest BCUT2D eigenvalue weighted by Crippen LogP contribution is -2.21. The van der Waals surface area contributed by atoms with Crippen molar-refractivity contribution in [2.24, 2.45) is 10.9 Å². The van der Waals surface area contributed by atoms with Gasteiger partial charge in [-0.15, -0.1) is 0 Å². The molecule has 1 amide bonds. The van der Waals surface area contributed by atoms with E-state index in [-0.39, 0.29) is 11.9 Å². The molecule has 0 heterocycles. The molecule has 0 saturated carbocycles. The lowest BCUT2D eigenvalue weighted by molar-refractivity contribution is 0.130. The van der Waals surface area contributed by atoms with E-state index in [1.807, 2.05) is 0 Å². The van der Waals surface area contributed by atoms with Gasteiger partial charge < -0.3 is 15.7 Å².